The van der Waals surface area contributed by atoms with Gasteiger partial charge in [-0.05, 0) is 75.2 Å². The molecule has 38 heavy (non-hydrogen) atoms. The molecule has 2 heterocycles. The van der Waals surface area contributed by atoms with Crippen LogP contribution >= 0.6 is 0 Å². The van der Waals surface area contributed by atoms with Crippen molar-refractivity contribution in [1.82, 2.24) is 10.1 Å². The number of amides is 2. The molecule has 0 saturated carbocycles. The van der Waals surface area contributed by atoms with Crippen LogP contribution in [0, 0.1) is 18.3 Å². The first-order chi connectivity index (χ1) is 18.3. The number of allylic oxidation sites excluding steroid dienone is 1. The number of nitrogens with zero attached hydrogens (tertiary/aromatic N) is 3. The van der Waals surface area contributed by atoms with E-state index in [1.54, 1.807) is 36.1 Å². The van der Waals surface area contributed by atoms with Crippen molar-refractivity contribution in [3.63, 3.8) is 0 Å². The van der Waals surface area contributed by atoms with Gasteiger partial charge in [-0.1, -0.05) is 11.2 Å². The highest BCUT2D eigenvalue weighted by Crippen LogP contribution is 2.35. The van der Waals surface area contributed by atoms with E-state index in [1.165, 1.54) is 30.5 Å². The van der Waals surface area contributed by atoms with Gasteiger partial charge in [0.1, 0.15) is 16.9 Å². The number of anilines is 1. The first kappa shape index (κ1) is 26.1. The third-order valence-corrected chi connectivity index (χ3v) is 6.27. The van der Waals surface area contributed by atoms with Crippen LogP contribution in [0.2, 0.25) is 0 Å². The van der Waals surface area contributed by atoms with Gasteiger partial charge in [0.15, 0.2) is 5.76 Å². The molecule has 4 rings (SSSR count). The molecule has 0 aliphatic carbocycles. The van der Waals surface area contributed by atoms with Crippen LogP contribution in [0.3, 0.4) is 0 Å². The lowest BCUT2D eigenvalue weighted by atomic mass is 10.0. The molecule has 0 bridgehead atoms. The summed E-state index contributed by atoms with van der Waals surface area (Å²) in [5.74, 6) is -0.828. The number of aryl methyl sites for hydroxylation is 1. The summed E-state index contributed by atoms with van der Waals surface area (Å²) >= 11 is 0. The van der Waals surface area contributed by atoms with Crippen LogP contribution in [-0.4, -0.2) is 40.7 Å². The van der Waals surface area contributed by atoms with Crippen molar-refractivity contribution in [2.75, 3.05) is 18.4 Å². The van der Waals surface area contributed by atoms with E-state index < -0.39 is 11.7 Å². The van der Waals surface area contributed by atoms with Crippen LogP contribution in [0.15, 0.2) is 63.7 Å². The zero-order chi connectivity index (χ0) is 27.4. The summed E-state index contributed by atoms with van der Waals surface area (Å²) in [6, 6.07) is 13.4. The van der Waals surface area contributed by atoms with Gasteiger partial charge in [-0.2, -0.15) is 5.26 Å². The average Bonchev–Trinajstić information content (AvgIpc) is 3.52. The molecule has 0 atom stereocenters. The Labute approximate surface area is 219 Å². The van der Waals surface area contributed by atoms with E-state index in [9.17, 15) is 14.4 Å². The summed E-state index contributed by atoms with van der Waals surface area (Å²) in [4.78, 5) is 40.9. The lowest BCUT2D eigenvalue weighted by molar-refractivity contribution is -0.125. The molecule has 0 fully saturated rings. The Morgan fingerprint density at radius 3 is 2.37 bits per heavy atom. The number of furan rings is 1. The minimum absolute atomic E-state index is 0.0647. The van der Waals surface area contributed by atoms with Gasteiger partial charge in [0.2, 0.25) is 11.7 Å². The number of carbonyl (C=O) groups excluding carboxylic acids is 3. The summed E-state index contributed by atoms with van der Waals surface area (Å²) in [7, 11) is 0. The van der Waals surface area contributed by atoms with Crippen molar-refractivity contribution < 1.29 is 23.3 Å². The second-order valence-corrected chi connectivity index (χ2v) is 8.62. The predicted octanol–water partition coefficient (Wildman–Crippen LogP) is 5.36. The molecular weight excluding hydrogens is 484 g/mol. The lowest BCUT2D eigenvalue weighted by Gasteiger charge is -2.16. The lowest BCUT2D eigenvalue weighted by Crippen LogP contribution is -2.28. The number of ketones is 1. The van der Waals surface area contributed by atoms with E-state index in [4.69, 9.17) is 14.2 Å². The number of rotatable bonds is 8. The quantitative estimate of drug-likeness (QED) is 0.250. The Balaban J connectivity index is 1.81. The van der Waals surface area contributed by atoms with Crippen molar-refractivity contribution in [3.05, 3.63) is 88.5 Å². The van der Waals surface area contributed by atoms with Crippen LogP contribution in [-0.2, 0) is 4.79 Å². The van der Waals surface area contributed by atoms with Crippen molar-refractivity contribution in [2.24, 2.45) is 0 Å². The molecule has 0 unspecified atom stereocenters. The smallest absolute Gasteiger partial charge is 0.261 e. The van der Waals surface area contributed by atoms with Crippen molar-refractivity contribution in [2.45, 2.75) is 27.7 Å². The highest BCUT2D eigenvalue weighted by Gasteiger charge is 2.25. The third kappa shape index (κ3) is 5.11. The monoisotopic (exact) mass is 510 g/mol. The number of hydrogen-bond donors (Lipinski definition) is 1. The number of nitrogens with one attached hydrogen (secondary N) is 1. The topological polar surface area (TPSA) is 129 Å². The number of likely N-dealkylation sites (N-methyl/N-ethyl adjacent to an activating group) is 1. The van der Waals surface area contributed by atoms with E-state index in [1.807, 2.05) is 26.8 Å². The van der Waals surface area contributed by atoms with E-state index >= 15 is 0 Å². The first-order valence-corrected chi connectivity index (χ1v) is 12.1. The first-order valence-electron chi connectivity index (χ1n) is 12.1. The van der Waals surface area contributed by atoms with Crippen molar-refractivity contribution >= 4 is 39.8 Å². The molecule has 2 aromatic heterocycles. The summed E-state index contributed by atoms with van der Waals surface area (Å²) < 4.78 is 11.0. The highest BCUT2D eigenvalue weighted by atomic mass is 16.5. The van der Waals surface area contributed by atoms with Gasteiger partial charge in [0.25, 0.3) is 5.91 Å². The standard InChI is InChI=1S/C29H26N4O5/c1-5-33(6-2)25(34)13-17(3)21-11-12-24-22(14-21)26(32-29(36)23-16-31-38-18(23)4)28(37-24)27(35)20-9-7-19(15-30)8-10-20/h7-14,16H,5-6H2,1-4H3,(H,32,36)/b17-13+. The van der Waals surface area contributed by atoms with E-state index in [0.717, 1.165) is 11.1 Å². The molecule has 2 aromatic carbocycles. The predicted molar refractivity (Wildman–Crippen MR) is 142 cm³/mol. The second kappa shape index (κ2) is 11.0. The Morgan fingerprint density at radius 2 is 1.76 bits per heavy atom. The molecule has 9 heteroatoms. The highest BCUT2D eigenvalue weighted by molar-refractivity contribution is 6.19. The number of carbonyl (C=O) groups is 3. The molecule has 0 aliphatic heterocycles. The fourth-order valence-corrected chi connectivity index (χ4v) is 4.05. The van der Waals surface area contributed by atoms with Crippen molar-refractivity contribution in [1.29, 1.82) is 5.26 Å². The summed E-state index contributed by atoms with van der Waals surface area (Å²) in [6.07, 6.45) is 2.86. The molecule has 9 nitrogen and oxygen atoms in total. The van der Waals surface area contributed by atoms with Crippen LogP contribution in [0.25, 0.3) is 16.5 Å². The minimum atomic E-state index is -0.519. The maximum atomic E-state index is 13.5. The van der Waals surface area contributed by atoms with Crippen LogP contribution in [0.4, 0.5) is 5.69 Å². The van der Waals surface area contributed by atoms with Gasteiger partial charge in [-0.3, -0.25) is 14.4 Å². The number of fused-ring (bicyclic) bond motifs is 1. The number of nitriles is 1. The van der Waals surface area contributed by atoms with Gasteiger partial charge in [0.05, 0.1) is 23.5 Å². The normalized spacial score (nSPS) is 11.3. The summed E-state index contributed by atoms with van der Waals surface area (Å²) in [5, 5.41) is 16.0. The summed E-state index contributed by atoms with van der Waals surface area (Å²) in [6.45, 7) is 8.46. The Kier molecular flexibility index (Phi) is 7.53. The van der Waals surface area contributed by atoms with Crippen LogP contribution in [0.5, 0.6) is 0 Å². The fourth-order valence-electron chi connectivity index (χ4n) is 4.05. The number of hydrogen-bond acceptors (Lipinski definition) is 7. The molecular formula is C29H26N4O5. The van der Waals surface area contributed by atoms with E-state index in [0.29, 0.717) is 40.9 Å². The zero-order valence-corrected chi connectivity index (χ0v) is 21.5. The van der Waals surface area contributed by atoms with Gasteiger partial charge < -0.3 is 19.2 Å². The molecule has 192 valence electrons. The SMILES string of the molecule is CCN(CC)C(=O)/C=C(\C)c1ccc2oc(C(=O)c3ccc(C#N)cc3)c(NC(=O)c3cnoc3C)c2c1. The molecule has 0 saturated heterocycles. The minimum Gasteiger partial charge on any atom is -0.450 e. The maximum Gasteiger partial charge on any atom is 0.261 e. The van der Waals surface area contributed by atoms with Gasteiger partial charge in [-0.15, -0.1) is 0 Å². The van der Waals surface area contributed by atoms with E-state index in [2.05, 4.69) is 10.5 Å². The van der Waals surface area contributed by atoms with Crippen LogP contribution in [0.1, 0.15) is 64.1 Å². The van der Waals surface area contributed by atoms with Gasteiger partial charge in [0, 0.05) is 30.1 Å². The number of aromatic nitrogens is 1. The average molecular weight is 511 g/mol. The number of benzene rings is 2. The summed E-state index contributed by atoms with van der Waals surface area (Å²) in [5.41, 5.74) is 2.93. The molecule has 0 radical (unpaired) electrons. The molecule has 2 amide bonds. The zero-order valence-electron chi connectivity index (χ0n) is 21.5. The Morgan fingerprint density at radius 1 is 1.08 bits per heavy atom. The largest absolute Gasteiger partial charge is 0.450 e. The Bertz CT molecular complexity index is 1600. The molecule has 1 N–H and O–H groups in total. The maximum absolute atomic E-state index is 13.5. The third-order valence-electron chi connectivity index (χ3n) is 6.27. The second-order valence-electron chi connectivity index (χ2n) is 8.62. The molecule has 0 aliphatic rings. The Hall–Kier alpha value is -4.97. The van der Waals surface area contributed by atoms with Gasteiger partial charge in [-0.25, -0.2) is 0 Å². The van der Waals surface area contributed by atoms with Crippen molar-refractivity contribution in [3.8, 4) is 6.07 Å². The van der Waals surface area contributed by atoms with Gasteiger partial charge >= 0.3 is 0 Å². The van der Waals surface area contributed by atoms with Crippen LogP contribution < -0.4 is 5.32 Å². The fraction of sp³-hybridized carbons (Fsp3) is 0.207. The van der Waals surface area contributed by atoms with E-state index in [-0.39, 0.29) is 22.9 Å². The molecule has 0 spiro atoms. The molecule has 4 aromatic rings.